The van der Waals surface area contributed by atoms with Crippen LogP contribution in [0.3, 0.4) is 0 Å². The van der Waals surface area contributed by atoms with Crippen LogP contribution in [0.25, 0.3) is 0 Å². The van der Waals surface area contributed by atoms with Crippen LogP contribution < -0.4 is 0 Å². The standard InChI is InChI=1S/C40H62FN5O9/c1-12-29-40(8)32-25(4)30(43-22-45(46(32)37(50)55-40)19-13-14-27-15-17-42-18-16-27)23(2)21-38(6,51-11)34(26(5)33(48)39(7,41)36(49)53-29)54-35-31(47)28(44(9)10)20-24(3)52-35/h15-18,23-26,28-29,31-32,34-35,47H,12-14,19-22H2,1-11H3/t23-,24-,25-,26+,28+,29+,31-,32-,34-,35+,38+,39?,40-/m1/s1. The van der Waals surface area contributed by atoms with Crippen molar-refractivity contribution in [2.75, 3.05) is 34.4 Å². The summed E-state index contributed by atoms with van der Waals surface area (Å²) in [6, 6.07) is 2.88. The second kappa shape index (κ2) is 16.8. The Balaban J connectivity index is 1.59. The molecule has 0 spiro atoms. The maximum atomic E-state index is 16.9. The number of halogens is 1. The number of rotatable bonds is 9. The zero-order valence-electron chi connectivity index (χ0n) is 34.4. The number of carbonyl (C=O) groups excluding carboxylic acids is 3. The first-order valence-corrected chi connectivity index (χ1v) is 19.7. The Labute approximate surface area is 325 Å². The summed E-state index contributed by atoms with van der Waals surface area (Å²) in [6.45, 7) is 14.1. The number of pyridine rings is 1. The molecule has 55 heavy (non-hydrogen) atoms. The summed E-state index contributed by atoms with van der Waals surface area (Å²) in [5.41, 5.74) is -3.97. The third kappa shape index (κ3) is 8.33. The van der Waals surface area contributed by atoms with E-state index in [0.29, 0.717) is 19.4 Å². The van der Waals surface area contributed by atoms with Gasteiger partial charge in [0.2, 0.25) is 0 Å². The number of ketones is 1. The Morgan fingerprint density at radius 3 is 2.36 bits per heavy atom. The van der Waals surface area contributed by atoms with Gasteiger partial charge in [-0.25, -0.2) is 19.0 Å². The van der Waals surface area contributed by atoms with Crippen molar-refractivity contribution in [3.05, 3.63) is 30.1 Å². The van der Waals surface area contributed by atoms with E-state index in [2.05, 4.69) is 4.98 Å². The number of Topliss-reactive ketones (excluding diaryl/α,β-unsaturated/α-hetero) is 1. The molecule has 15 heteroatoms. The molecule has 308 valence electrons. The predicted octanol–water partition coefficient (Wildman–Crippen LogP) is 4.37. The molecule has 4 aliphatic heterocycles. The van der Waals surface area contributed by atoms with Crippen LogP contribution in [0.2, 0.25) is 0 Å². The van der Waals surface area contributed by atoms with Crippen molar-refractivity contribution in [3.8, 4) is 0 Å². The SMILES string of the molecule is CC[C@@H]1OC(=O)C(C)(F)C(=O)[C@H](C)[C@@H](O[C@@H]2O[C@H](C)C[C@H](N(C)C)[C@H]2O)[C@@](C)(OC)C[C@@H](C)C2=NCN(CCCc3ccncc3)N3C(=O)O[C@@]1(C)[C@H]3[C@@H]2C. The molecule has 1 amide bonds. The number of methoxy groups -OCH3 is 1. The summed E-state index contributed by atoms with van der Waals surface area (Å²) in [7, 11) is 5.20. The minimum atomic E-state index is -3.12. The number of esters is 1. The van der Waals surface area contributed by atoms with E-state index in [1.807, 2.05) is 56.9 Å². The molecule has 13 atom stereocenters. The van der Waals surface area contributed by atoms with E-state index in [4.69, 9.17) is 28.7 Å². The number of hydrogen-bond donors (Lipinski definition) is 1. The van der Waals surface area contributed by atoms with E-state index >= 15 is 4.39 Å². The van der Waals surface area contributed by atoms with Crippen LogP contribution in [0.4, 0.5) is 9.18 Å². The number of likely N-dealkylation sites (N-methyl/N-ethyl adjacent to an activating group) is 1. The van der Waals surface area contributed by atoms with Crippen molar-refractivity contribution in [3.63, 3.8) is 0 Å². The van der Waals surface area contributed by atoms with Crippen molar-refractivity contribution >= 4 is 23.6 Å². The molecule has 0 radical (unpaired) electrons. The average Bonchev–Trinajstić information content (AvgIpc) is 3.31. The number of hydrogen-bond acceptors (Lipinski definition) is 13. The van der Waals surface area contributed by atoms with Crippen LogP contribution in [0.1, 0.15) is 86.6 Å². The topological polar surface area (TPSA) is 153 Å². The van der Waals surface area contributed by atoms with Gasteiger partial charge in [-0.2, -0.15) is 5.01 Å². The Morgan fingerprint density at radius 2 is 1.75 bits per heavy atom. The van der Waals surface area contributed by atoms with Crippen molar-refractivity contribution < 1.29 is 47.6 Å². The van der Waals surface area contributed by atoms with Gasteiger partial charge >= 0.3 is 12.1 Å². The third-order valence-electron chi connectivity index (χ3n) is 12.5. The zero-order chi connectivity index (χ0) is 40.6. The first-order valence-electron chi connectivity index (χ1n) is 19.7. The van der Waals surface area contributed by atoms with Crippen LogP contribution in [-0.2, 0) is 39.7 Å². The molecule has 0 saturated carbocycles. The lowest BCUT2D eigenvalue weighted by Gasteiger charge is -2.47. The van der Waals surface area contributed by atoms with E-state index in [0.717, 1.165) is 24.6 Å². The highest BCUT2D eigenvalue weighted by molar-refractivity contribution is 6.08. The maximum Gasteiger partial charge on any atom is 0.425 e. The molecule has 1 N–H and O–H groups in total. The van der Waals surface area contributed by atoms with E-state index in [1.54, 1.807) is 38.2 Å². The normalized spacial score (nSPS) is 40.7. The molecule has 0 aliphatic carbocycles. The molecule has 2 bridgehead atoms. The molecule has 3 saturated heterocycles. The second-order valence-corrected chi connectivity index (χ2v) is 16.8. The summed E-state index contributed by atoms with van der Waals surface area (Å²) in [6.07, 6.45) is 0.370. The minimum Gasteiger partial charge on any atom is -0.455 e. The second-order valence-electron chi connectivity index (χ2n) is 16.8. The fourth-order valence-electron chi connectivity index (χ4n) is 9.37. The van der Waals surface area contributed by atoms with Gasteiger partial charge in [0.1, 0.15) is 24.9 Å². The number of aliphatic hydroxyl groups excluding tert-OH is 1. The van der Waals surface area contributed by atoms with E-state index in [-0.39, 0.29) is 37.6 Å². The van der Waals surface area contributed by atoms with Crippen LogP contribution in [-0.4, -0.2) is 143 Å². The fourth-order valence-corrected chi connectivity index (χ4v) is 9.37. The van der Waals surface area contributed by atoms with Gasteiger partial charge in [0.05, 0.1) is 17.8 Å². The highest BCUT2D eigenvalue weighted by Crippen LogP contribution is 2.45. The average molecular weight is 776 g/mol. The van der Waals surface area contributed by atoms with Crippen LogP contribution in [0.5, 0.6) is 0 Å². The number of hydrazine groups is 1. The number of nitrogens with zero attached hydrogens (tertiary/aromatic N) is 5. The number of carbonyl (C=O) groups is 3. The molecule has 4 aliphatic rings. The molecule has 1 unspecified atom stereocenters. The highest BCUT2D eigenvalue weighted by atomic mass is 19.1. The van der Waals surface area contributed by atoms with Gasteiger partial charge in [0, 0.05) is 49.6 Å². The zero-order valence-corrected chi connectivity index (χ0v) is 34.4. The quantitative estimate of drug-likeness (QED) is 0.280. The minimum absolute atomic E-state index is 0.158. The molecule has 3 fully saturated rings. The molecule has 0 aromatic carbocycles. The van der Waals surface area contributed by atoms with E-state index in [1.165, 1.54) is 14.0 Å². The van der Waals surface area contributed by atoms with E-state index < -0.39 is 77.2 Å². The number of aromatic nitrogens is 1. The molecular weight excluding hydrogens is 713 g/mol. The van der Waals surface area contributed by atoms with Crippen molar-refractivity contribution in [2.45, 2.75) is 147 Å². The summed E-state index contributed by atoms with van der Waals surface area (Å²) >= 11 is 0. The van der Waals surface area contributed by atoms with Gasteiger partial charge in [-0.15, -0.1) is 0 Å². The van der Waals surface area contributed by atoms with Gasteiger partial charge < -0.3 is 33.7 Å². The molecule has 14 nitrogen and oxygen atoms in total. The van der Waals surface area contributed by atoms with Crippen molar-refractivity contribution in [1.82, 2.24) is 19.9 Å². The number of alkyl halides is 1. The summed E-state index contributed by atoms with van der Waals surface area (Å²) in [4.78, 5) is 53.4. The number of aliphatic hydroxyl groups is 1. The summed E-state index contributed by atoms with van der Waals surface area (Å²) in [5, 5.41) is 14.9. The van der Waals surface area contributed by atoms with E-state index in [9.17, 15) is 19.5 Å². The van der Waals surface area contributed by atoms with Crippen LogP contribution in [0.15, 0.2) is 29.5 Å². The van der Waals surface area contributed by atoms with Gasteiger partial charge in [-0.1, -0.05) is 27.7 Å². The Bertz CT molecular complexity index is 1570. The number of aryl methyl sites for hydroxylation is 1. The molecule has 5 heterocycles. The largest absolute Gasteiger partial charge is 0.455 e. The molecule has 1 aromatic heterocycles. The number of amides is 1. The maximum absolute atomic E-state index is 16.9. The predicted molar refractivity (Wildman–Crippen MR) is 202 cm³/mol. The summed E-state index contributed by atoms with van der Waals surface area (Å²) < 4.78 is 48.0. The molecular formula is C40H62FN5O9. The lowest BCUT2D eigenvalue weighted by molar-refractivity contribution is -0.295. The third-order valence-corrected chi connectivity index (χ3v) is 12.5. The highest BCUT2D eigenvalue weighted by Gasteiger charge is 2.63. The number of aliphatic imine (C=N–C) groups is 1. The first kappa shape index (κ1) is 43.1. The summed E-state index contributed by atoms with van der Waals surface area (Å²) in [5.74, 6) is -4.49. The Kier molecular flexibility index (Phi) is 13.1. The first-order chi connectivity index (χ1) is 25.8. The molecule has 1 aromatic rings. The lowest BCUT2D eigenvalue weighted by atomic mass is 9.73. The molecule has 5 rings (SSSR count). The number of cyclic esters (lactones) is 1. The van der Waals surface area contributed by atoms with Gasteiger partial charge in [-0.05, 0) is 97.5 Å². The Hall–Kier alpha value is -3.08. The fraction of sp³-hybridized carbons (Fsp3) is 0.775. The monoisotopic (exact) mass is 775 g/mol. The Morgan fingerprint density at radius 1 is 1.07 bits per heavy atom. The lowest BCUT2D eigenvalue weighted by Crippen LogP contribution is -2.62. The number of fused-ring (bicyclic) bond motifs is 1. The van der Waals surface area contributed by atoms with Gasteiger partial charge in [0.15, 0.2) is 17.7 Å². The van der Waals surface area contributed by atoms with Crippen LogP contribution >= 0.6 is 0 Å². The van der Waals surface area contributed by atoms with Gasteiger partial charge in [0.25, 0.3) is 5.67 Å². The van der Waals surface area contributed by atoms with Gasteiger partial charge in [-0.3, -0.25) is 14.8 Å². The van der Waals surface area contributed by atoms with Crippen molar-refractivity contribution in [1.29, 1.82) is 0 Å². The van der Waals surface area contributed by atoms with Crippen molar-refractivity contribution in [2.24, 2.45) is 22.7 Å². The smallest absolute Gasteiger partial charge is 0.425 e. The van der Waals surface area contributed by atoms with Crippen LogP contribution in [0, 0.1) is 17.8 Å². The number of ether oxygens (including phenoxy) is 5.